The van der Waals surface area contributed by atoms with Crippen LogP contribution in [0, 0.1) is 12.8 Å². The Balaban J connectivity index is 1.87. The number of imidazole rings is 1. The van der Waals surface area contributed by atoms with Crippen molar-refractivity contribution in [2.75, 3.05) is 13.2 Å². The smallest absolute Gasteiger partial charge is 0.253 e. The molecule has 1 aliphatic heterocycles. The van der Waals surface area contributed by atoms with E-state index in [1.807, 2.05) is 25.3 Å². The number of nitrogens with zero attached hydrogens (tertiary/aromatic N) is 3. The third-order valence-corrected chi connectivity index (χ3v) is 5.13. The molecular weight excluding hydrogens is 330 g/mol. The molecule has 1 saturated heterocycles. The molecule has 26 heavy (non-hydrogen) atoms. The normalized spacial score (nSPS) is 15.6. The Morgan fingerprint density at radius 2 is 2.04 bits per heavy atom. The van der Waals surface area contributed by atoms with Crippen molar-refractivity contribution < 1.29 is 9.84 Å². The molecule has 1 N–H and O–H groups in total. The minimum Gasteiger partial charge on any atom is -0.508 e. The van der Waals surface area contributed by atoms with Gasteiger partial charge in [0.2, 0.25) is 0 Å². The Hall–Kier alpha value is -2.60. The van der Waals surface area contributed by atoms with E-state index in [-0.39, 0.29) is 11.3 Å². The average Bonchev–Trinajstić information content (AvgIpc) is 2.97. The van der Waals surface area contributed by atoms with Crippen molar-refractivity contribution in [2.45, 2.75) is 26.3 Å². The van der Waals surface area contributed by atoms with Crippen molar-refractivity contribution in [1.82, 2.24) is 14.1 Å². The monoisotopic (exact) mass is 353 g/mol. The number of fused-ring (bicyclic) bond motifs is 1. The van der Waals surface area contributed by atoms with E-state index in [9.17, 15) is 9.90 Å². The standard InChI is InChI=1S/C20H23N3O3/c1-13-9-15(12-22(2)20(13)25)19-21-17-10-16(24)3-4-18(17)23(19)11-14-5-7-26-8-6-14/h3-4,9-10,12,14,24H,5-8,11H2,1-2H3. The summed E-state index contributed by atoms with van der Waals surface area (Å²) in [5.41, 5.74) is 3.36. The number of phenols is 1. The molecule has 1 fully saturated rings. The van der Waals surface area contributed by atoms with Gasteiger partial charge in [0, 0.05) is 50.2 Å². The second-order valence-electron chi connectivity index (χ2n) is 7.10. The van der Waals surface area contributed by atoms with Crippen LogP contribution in [0.3, 0.4) is 0 Å². The molecule has 4 rings (SSSR count). The molecule has 0 atom stereocenters. The molecule has 3 heterocycles. The van der Waals surface area contributed by atoms with Gasteiger partial charge in [-0.3, -0.25) is 4.79 Å². The molecule has 136 valence electrons. The third kappa shape index (κ3) is 3.01. The topological polar surface area (TPSA) is 69.3 Å². The first kappa shape index (κ1) is 16.8. The van der Waals surface area contributed by atoms with Crippen LogP contribution in [-0.2, 0) is 18.3 Å². The van der Waals surface area contributed by atoms with Crippen LogP contribution in [0.2, 0.25) is 0 Å². The number of aryl methyl sites for hydroxylation is 2. The van der Waals surface area contributed by atoms with E-state index in [0.29, 0.717) is 11.5 Å². The molecular formula is C20H23N3O3. The Labute approximate surface area is 151 Å². The summed E-state index contributed by atoms with van der Waals surface area (Å²) in [6.45, 7) is 4.27. The fourth-order valence-electron chi connectivity index (χ4n) is 3.71. The van der Waals surface area contributed by atoms with Gasteiger partial charge >= 0.3 is 0 Å². The minimum absolute atomic E-state index is 0.00140. The van der Waals surface area contributed by atoms with Gasteiger partial charge in [0.1, 0.15) is 11.6 Å². The van der Waals surface area contributed by atoms with E-state index < -0.39 is 0 Å². The summed E-state index contributed by atoms with van der Waals surface area (Å²) in [4.78, 5) is 16.8. The van der Waals surface area contributed by atoms with Gasteiger partial charge in [-0.15, -0.1) is 0 Å². The Morgan fingerprint density at radius 3 is 2.77 bits per heavy atom. The molecule has 1 aromatic carbocycles. The van der Waals surface area contributed by atoms with Gasteiger partial charge in [0.15, 0.2) is 0 Å². The highest BCUT2D eigenvalue weighted by Crippen LogP contribution is 2.29. The molecule has 0 amide bonds. The summed E-state index contributed by atoms with van der Waals surface area (Å²) in [5, 5.41) is 9.84. The van der Waals surface area contributed by atoms with Crippen LogP contribution < -0.4 is 5.56 Å². The van der Waals surface area contributed by atoms with Crippen molar-refractivity contribution in [1.29, 1.82) is 0 Å². The fourth-order valence-corrected chi connectivity index (χ4v) is 3.71. The van der Waals surface area contributed by atoms with Gasteiger partial charge in [-0.2, -0.15) is 0 Å². The number of phenolic OH excluding ortho intramolecular Hbond substituents is 1. The van der Waals surface area contributed by atoms with E-state index in [0.717, 1.165) is 55.0 Å². The highest BCUT2D eigenvalue weighted by Gasteiger charge is 2.20. The van der Waals surface area contributed by atoms with Crippen molar-refractivity contribution in [2.24, 2.45) is 13.0 Å². The molecule has 0 bridgehead atoms. The zero-order valence-electron chi connectivity index (χ0n) is 15.1. The molecule has 6 heteroatoms. The number of aromatic nitrogens is 3. The van der Waals surface area contributed by atoms with E-state index in [4.69, 9.17) is 9.72 Å². The number of benzene rings is 1. The van der Waals surface area contributed by atoms with Gasteiger partial charge in [-0.05, 0) is 43.9 Å². The van der Waals surface area contributed by atoms with Gasteiger partial charge in [-0.1, -0.05) is 0 Å². The SMILES string of the molecule is Cc1cc(-c2nc3cc(O)ccc3n2CC2CCOCC2)cn(C)c1=O. The predicted molar refractivity (Wildman–Crippen MR) is 100 cm³/mol. The first-order valence-electron chi connectivity index (χ1n) is 8.97. The van der Waals surface area contributed by atoms with Gasteiger partial charge in [-0.25, -0.2) is 4.98 Å². The first-order chi connectivity index (χ1) is 12.5. The Morgan fingerprint density at radius 1 is 1.27 bits per heavy atom. The number of ether oxygens (including phenoxy) is 1. The highest BCUT2D eigenvalue weighted by atomic mass is 16.5. The summed E-state index contributed by atoms with van der Waals surface area (Å²) in [7, 11) is 1.76. The van der Waals surface area contributed by atoms with Gasteiger partial charge < -0.3 is 19.0 Å². The van der Waals surface area contributed by atoms with E-state index >= 15 is 0 Å². The third-order valence-electron chi connectivity index (χ3n) is 5.13. The number of rotatable bonds is 3. The molecule has 0 spiro atoms. The predicted octanol–water partition coefficient (Wildman–Crippen LogP) is 2.84. The molecule has 3 aromatic rings. The van der Waals surface area contributed by atoms with Gasteiger partial charge in [0.05, 0.1) is 11.0 Å². The lowest BCUT2D eigenvalue weighted by molar-refractivity contribution is 0.0617. The van der Waals surface area contributed by atoms with Crippen LogP contribution >= 0.6 is 0 Å². The molecule has 6 nitrogen and oxygen atoms in total. The van der Waals surface area contributed by atoms with Crippen LogP contribution in [0.1, 0.15) is 18.4 Å². The van der Waals surface area contributed by atoms with Gasteiger partial charge in [0.25, 0.3) is 5.56 Å². The summed E-state index contributed by atoms with van der Waals surface area (Å²) in [6, 6.07) is 7.19. The van der Waals surface area contributed by atoms with E-state index in [2.05, 4.69) is 4.57 Å². The number of aromatic hydroxyl groups is 1. The van der Waals surface area contributed by atoms with Crippen molar-refractivity contribution in [3.05, 3.63) is 46.4 Å². The van der Waals surface area contributed by atoms with Crippen LogP contribution in [0.25, 0.3) is 22.4 Å². The fraction of sp³-hybridized carbons (Fsp3) is 0.400. The Kier molecular flexibility index (Phi) is 4.28. The second kappa shape index (κ2) is 6.61. The maximum atomic E-state index is 12.1. The number of hydrogen-bond donors (Lipinski definition) is 1. The zero-order valence-corrected chi connectivity index (χ0v) is 15.1. The average molecular weight is 353 g/mol. The summed E-state index contributed by atoms with van der Waals surface area (Å²) in [6.07, 6.45) is 3.89. The molecule has 2 aromatic heterocycles. The maximum Gasteiger partial charge on any atom is 0.253 e. The first-order valence-corrected chi connectivity index (χ1v) is 8.97. The summed E-state index contributed by atoms with van der Waals surface area (Å²) in [5.74, 6) is 1.56. The maximum absolute atomic E-state index is 12.1. The van der Waals surface area contributed by atoms with Crippen molar-refractivity contribution in [3.63, 3.8) is 0 Å². The van der Waals surface area contributed by atoms with Crippen molar-refractivity contribution >= 4 is 11.0 Å². The van der Waals surface area contributed by atoms with Crippen LogP contribution in [-0.4, -0.2) is 32.4 Å². The quantitative estimate of drug-likeness (QED) is 0.786. The van der Waals surface area contributed by atoms with Crippen LogP contribution in [0.5, 0.6) is 5.75 Å². The largest absolute Gasteiger partial charge is 0.508 e. The Bertz CT molecular complexity index is 987. The molecule has 0 aliphatic carbocycles. The lowest BCUT2D eigenvalue weighted by Crippen LogP contribution is -2.21. The van der Waals surface area contributed by atoms with E-state index in [1.165, 1.54) is 0 Å². The van der Waals surface area contributed by atoms with Crippen molar-refractivity contribution in [3.8, 4) is 17.1 Å². The minimum atomic E-state index is -0.00140. The summed E-state index contributed by atoms with van der Waals surface area (Å²) < 4.78 is 9.30. The second-order valence-corrected chi connectivity index (χ2v) is 7.10. The number of pyridine rings is 1. The highest BCUT2D eigenvalue weighted by molar-refractivity contribution is 5.82. The zero-order chi connectivity index (χ0) is 18.3. The summed E-state index contributed by atoms with van der Waals surface area (Å²) >= 11 is 0. The van der Waals surface area contributed by atoms with Crippen LogP contribution in [0.15, 0.2) is 35.3 Å². The molecule has 0 unspecified atom stereocenters. The molecule has 1 aliphatic rings. The van der Waals surface area contributed by atoms with Crippen LogP contribution in [0.4, 0.5) is 0 Å². The molecule has 0 radical (unpaired) electrons. The lowest BCUT2D eigenvalue weighted by Gasteiger charge is -2.23. The number of hydrogen-bond acceptors (Lipinski definition) is 4. The molecule has 0 saturated carbocycles. The lowest BCUT2D eigenvalue weighted by atomic mass is 10.00. The van der Waals surface area contributed by atoms with E-state index in [1.54, 1.807) is 23.7 Å².